The van der Waals surface area contributed by atoms with Gasteiger partial charge in [0.2, 0.25) is 0 Å². The first-order valence-electron chi connectivity index (χ1n) is 5.12. The number of nitrogens with zero attached hydrogens (tertiary/aromatic N) is 1. The number of carboxylic acid groups (broad SMARTS) is 1. The zero-order chi connectivity index (χ0) is 13.1. The Kier molecular flexibility index (Phi) is 3.77. The van der Waals surface area contributed by atoms with Gasteiger partial charge >= 0.3 is 5.97 Å². The standard InChI is InChI=1S/C11H17N3O3/c1-11(2,10(15)16)14-7-5-8(17-4)9(12-3)13-6-7/h5-6,14H,1-4H3,(H,12,13)(H,15,16). The zero-order valence-electron chi connectivity index (χ0n) is 10.4. The molecule has 0 unspecified atom stereocenters. The molecule has 94 valence electrons. The van der Waals surface area contributed by atoms with Gasteiger partial charge in [0.25, 0.3) is 0 Å². The van der Waals surface area contributed by atoms with Crippen LogP contribution >= 0.6 is 0 Å². The van der Waals surface area contributed by atoms with Gasteiger partial charge in [0.15, 0.2) is 11.2 Å². The number of aliphatic carboxylic acids is 1. The van der Waals surface area contributed by atoms with Gasteiger partial charge in [-0.1, -0.05) is 0 Å². The van der Waals surface area contributed by atoms with Crippen molar-refractivity contribution < 1.29 is 14.6 Å². The fourth-order valence-corrected chi connectivity index (χ4v) is 1.29. The van der Waals surface area contributed by atoms with Crippen molar-refractivity contribution in [3.8, 4) is 5.75 Å². The van der Waals surface area contributed by atoms with Gasteiger partial charge in [0.1, 0.15) is 5.54 Å². The van der Waals surface area contributed by atoms with E-state index in [-0.39, 0.29) is 0 Å². The summed E-state index contributed by atoms with van der Waals surface area (Å²) in [5.41, 5.74) is 0.178. The smallest absolute Gasteiger partial charge is 0.328 e. The fraction of sp³-hybridized carbons (Fsp3) is 0.455. The van der Waals surface area contributed by atoms with Crippen molar-refractivity contribution in [1.82, 2.24) is 4.98 Å². The van der Waals surface area contributed by atoms with Crippen LogP contribution in [0.25, 0.3) is 0 Å². The maximum atomic E-state index is 11.0. The summed E-state index contributed by atoms with van der Waals surface area (Å²) in [5.74, 6) is -0.376. The van der Waals surface area contributed by atoms with Crippen molar-refractivity contribution in [3.05, 3.63) is 17.8 Å². The summed E-state index contributed by atoms with van der Waals surface area (Å²) in [5, 5.41) is 11.9. The van der Waals surface area contributed by atoms with Crippen LogP contribution in [0.15, 0.2) is 17.3 Å². The molecule has 0 amide bonds. The van der Waals surface area contributed by atoms with E-state index in [1.165, 1.54) is 7.11 Å². The number of aromatic amines is 1. The Morgan fingerprint density at radius 3 is 2.71 bits per heavy atom. The van der Waals surface area contributed by atoms with Crippen LogP contribution in [-0.2, 0) is 4.79 Å². The largest absolute Gasteiger partial charge is 0.493 e. The van der Waals surface area contributed by atoms with Gasteiger partial charge in [0.05, 0.1) is 12.8 Å². The normalized spacial score (nSPS) is 12.4. The molecule has 1 aromatic rings. The lowest BCUT2D eigenvalue weighted by Gasteiger charge is -2.22. The highest BCUT2D eigenvalue weighted by Crippen LogP contribution is 2.16. The Hall–Kier alpha value is -1.98. The second kappa shape index (κ2) is 4.90. The monoisotopic (exact) mass is 239 g/mol. The molecule has 0 saturated carbocycles. The van der Waals surface area contributed by atoms with E-state index in [0.717, 1.165) is 0 Å². The van der Waals surface area contributed by atoms with Gasteiger partial charge in [-0.3, -0.25) is 4.99 Å². The molecule has 0 bridgehead atoms. The Morgan fingerprint density at radius 1 is 1.59 bits per heavy atom. The third kappa shape index (κ3) is 2.99. The number of hydrogen-bond donors (Lipinski definition) is 3. The number of carbonyl (C=O) groups is 1. The predicted octanol–water partition coefficient (Wildman–Crippen LogP) is 0.829. The van der Waals surface area contributed by atoms with Crippen molar-refractivity contribution in [1.29, 1.82) is 0 Å². The number of rotatable bonds is 4. The molecule has 0 aromatic carbocycles. The molecule has 6 nitrogen and oxygen atoms in total. The van der Waals surface area contributed by atoms with Crippen molar-refractivity contribution in [2.24, 2.45) is 4.99 Å². The SMILES string of the molecule is C/N=c1\[nH]cc(NC(C)(C)C(=O)O)cc1OC. The maximum absolute atomic E-state index is 11.0. The Bertz CT molecular complexity index is 477. The molecule has 0 fully saturated rings. The number of anilines is 1. The molecule has 1 heterocycles. The van der Waals surface area contributed by atoms with Crippen molar-refractivity contribution in [3.63, 3.8) is 0 Å². The summed E-state index contributed by atoms with van der Waals surface area (Å²) >= 11 is 0. The summed E-state index contributed by atoms with van der Waals surface area (Å²) in [6.45, 7) is 3.17. The van der Waals surface area contributed by atoms with Crippen LogP contribution in [0.4, 0.5) is 5.69 Å². The second-order valence-corrected chi connectivity index (χ2v) is 4.08. The molecule has 17 heavy (non-hydrogen) atoms. The number of pyridine rings is 1. The molecule has 6 heteroatoms. The Labute approximate surface area is 99.4 Å². The second-order valence-electron chi connectivity index (χ2n) is 4.08. The van der Waals surface area contributed by atoms with Crippen LogP contribution < -0.4 is 15.5 Å². The first kappa shape index (κ1) is 13.1. The minimum Gasteiger partial charge on any atom is -0.493 e. The van der Waals surface area contributed by atoms with E-state index in [2.05, 4.69) is 15.3 Å². The Balaban J connectivity index is 3.06. The quantitative estimate of drug-likeness (QED) is 0.726. The van der Waals surface area contributed by atoms with Crippen LogP contribution in [0, 0.1) is 0 Å². The van der Waals surface area contributed by atoms with Gasteiger partial charge in [-0.15, -0.1) is 0 Å². The summed E-state index contributed by atoms with van der Waals surface area (Å²) in [4.78, 5) is 17.9. The van der Waals surface area contributed by atoms with E-state index in [1.807, 2.05) is 0 Å². The highest BCUT2D eigenvalue weighted by molar-refractivity contribution is 5.81. The molecule has 1 aromatic heterocycles. The van der Waals surface area contributed by atoms with Crippen LogP contribution in [0.5, 0.6) is 5.75 Å². The molecule has 0 saturated heterocycles. The molecule has 0 aliphatic carbocycles. The number of carboxylic acids is 1. The molecule has 1 rings (SSSR count). The van der Waals surface area contributed by atoms with Gasteiger partial charge in [-0.25, -0.2) is 4.79 Å². The highest BCUT2D eigenvalue weighted by atomic mass is 16.5. The van der Waals surface area contributed by atoms with Gasteiger partial charge in [-0.05, 0) is 13.8 Å². The lowest BCUT2D eigenvalue weighted by molar-refractivity contribution is -0.141. The minimum atomic E-state index is -1.05. The number of hydrogen-bond acceptors (Lipinski definition) is 4. The van der Waals surface area contributed by atoms with Crippen molar-refractivity contribution in [2.75, 3.05) is 19.5 Å². The zero-order valence-corrected chi connectivity index (χ0v) is 10.4. The van der Waals surface area contributed by atoms with Crippen LogP contribution in [-0.4, -0.2) is 35.8 Å². The molecule has 0 spiro atoms. The first-order chi connectivity index (χ1) is 7.90. The van der Waals surface area contributed by atoms with E-state index in [4.69, 9.17) is 9.84 Å². The van der Waals surface area contributed by atoms with Gasteiger partial charge in [-0.2, -0.15) is 0 Å². The number of ether oxygens (including phenoxy) is 1. The third-order valence-corrected chi connectivity index (χ3v) is 2.32. The Morgan fingerprint density at radius 2 is 2.24 bits per heavy atom. The number of aromatic nitrogens is 1. The molecule has 3 N–H and O–H groups in total. The highest BCUT2D eigenvalue weighted by Gasteiger charge is 2.26. The van der Waals surface area contributed by atoms with Crippen LogP contribution in [0.2, 0.25) is 0 Å². The maximum Gasteiger partial charge on any atom is 0.328 e. The van der Waals surface area contributed by atoms with Crippen molar-refractivity contribution >= 4 is 11.7 Å². The lowest BCUT2D eigenvalue weighted by atomic mass is 10.1. The van der Waals surface area contributed by atoms with E-state index in [9.17, 15) is 4.79 Å². The molecule has 0 radical (unpaired) electrons. The summed E-state index contributed by atoms with van der Waals surface area (Å²) in [6, 6.07) is 1.70. The fourth-order valence-electron chi connectivity index (χ4n) is 1.29. The van der Waals surface area contributed by atoms with Crippen LogP contribution in [0.1, 0.15) is 13.8 Å². The number of methoxy groups -OCH3 is 1. The summed E-state index contributed by atoms with van der Waals surface area (Å²) in [7, 11) is 3.17. The predicted molar refractivity (Wildman–Crippen MR) is 64.2 cm³/mol. The van der Waals surface area contributed by atoms with E-state index in [1.54, 1.807) is 33.2 Å². The number of H-pyrrole nitrogens is 1. The molecule has 0 aliphatic rings. The van der Waals surface area contributed by atoms with Gasteiger partial charge < -0.3 is 20.1 Å². The van der Waals surface area contributed by atoms with E-state index < -0.39 is 11.5 Å². The van der Waals surface area contributed by atoms with E-state index in [0.29, 0.717) is 16.9 Å². The molecular weight excluding hydrogens is 222 g/mol. The summed E-state index contributed by atoms with van der Waals surface area (Å²) in [6.07, 6.45) is 1.65. The minimum absolute atomic E-state index is 0.554. The lowest BCUT2D eigenvalue weighted by Crippen LogP contribution is -2.40. The average Bonchev–Trinajstić information content (AvgIpc) is 2.28. The average molecular weight is 239 g/mol. The molecule has 0 atom stereocenters. The van der Waals surface area contributed by atoms with Gasteiger partial charge in [0, 0.05) is 19.3 Å². The van der Waals surface area contributed by atoms with Crippen molar-refractivity contribution in [2.45, 2.75) is 19.4 Å². The van der Waals surface area contributed by atoms with Crippen LogP contribution in [0.3, 0.4) is 0 Å². The first-order valence-corrected chi connectivity index (χ1v) is 5.12. The third-order valence-electron chi connectivity index (χ3n) is 2.32. The number of nitrogens with one attached hydrogen (secondary N) is 2. The molecule has 0 aliphatic heterocycles. The molecular formula is C11H17N3O3. The van der Waals surface area contributed by atoms with E-state index >= 15 is 0 Å². The summed E-state index contributed by atoms with van der Waals surface area (Å²) < 4.78 is 5.14. The topological polar surface area (TPSA) is 86.7 Å².